The van der Waals surface area contributed by atoms with Crippen molar-refractivity contribution in [3.05, 3.63) is 0 Å². The number of hydrogen-bond acceptors (Lipinski definition) is 4. The second kappa shape index (κ2) is 5.99. The molecule has 1 amide bonds. The second-order valence-electron chi connectivity index (χ2n) is 4.72. The van der Waals surface area contributed by atoms with Gasteiger partial charge in [-0.25, -0.2) is 0 Å². The van der Waals surface area contributed by atoms with Crippen molar-refractivity contribution in [3.63, 3.8) is 0 Å². The van der Waals surface area contributed by atoms with Gasteiger partial charge in [0.25, 0.3) is 0 Å². The molecule has 1 N–H and O–H groups in total. The van der Waals surface area contributed by atoms with Crippen LogP contribution in [0.1, 0.15) is 19.3 Å². The molecule has 94 valence electrons. The Bertz CT molecular complexity index is 306. The molecule has 0 aromatic carbocycles. The number of nitrogens with one attached hydrogen (secondary N) is 1. The normalized spacial score (nSPS) is 26.5. The van der Waals surface area contributed by atoms with Crippen LogP contribution in [0.15, 0.2) is 0 Å². The first-order valence-electron chi connectivity index (χ1n) is 6.43. The fraction of sp³-hybridized carbons (Fsp3) is 0.833. The quantitative estimate of drug-likeness (QED) is 0.674. The van der Waals surface area contributed by atoms with Crippen molar-refractivity contribution < 1.29 is 4.79 Å². The Kier molecular flexibility index (Phi) is 4.35. The van der Waals surface area contributed by atoms with Crippen molar-refractivity contribution in [1.29, 1.82) is 5.26 Å². The molecule has 2 aliphatic heterocycles. The smallest absolute Gasteiger partial charge is 0.240 e. The van der Waals surface area contributed by atoms with Crippen LogP contribution in [0.5, 0.6) is 0 Å². The lowest BCUT2D eigenvalue weighted by Crippen LogP contribution is -2.55. The molecule has 0 aliphatic carbocycles. The highest BCUT2D eigenvalue weighted by molar-refractivity contribution is 5.82. The molecule has 1 atom stereocenters. The first-order valence-corrected chi connectivity index (χ1v) is 6.43. The Labute approximate surface area is 102 Å². The lowest BCUT2D eigenvalue weighted by molar-refractivity contribution is -0.138. The van der Waals surface area contributed by atoms with Crippen LogP contribution >= 0.6 is 0 Å². The van der Waals surface area contributed by atoms with Gasteiger partial charge < -0.3 is 10.2 Å². The van der Waals surface area contributed by atoms with Crippen LogP contribution in [0.25, 0.3) is 0 Å². The molecule has 0 bridgehead atoms. The highest BCUT2D eigenvalue weighted by Gasteiger charge is 2.31. The minimum atomic E-state index is -0.0542. The molecule has 1 unspecified atom stereocenters. The van der Waals surface area contributed by atoms with Gasteiger partial charge in [0.15, 0.2) is 0 Å². The average molecular weight is 236 g/mol. The van der Waals surface area contributed by atoms with E-state index in [4.69, 9.17) is 5.26 Å². The SMILES string of the molecule is N#CCN1CCCCC1C(=O)N1CCNCC1. The van der Waals surface area contributed by atoms with E-state index in [1.54, 1.807) is 0 Å². The van der Waals surface area contributed by atoms with E-state index in [-0.39, 0.29) is 11.9 Å². The zero-order chi connectivity index (χ0) is 12.1. The van der Waals surface area contributed by atoms with Gasteiger partial charge in [0, 0.05) is 26.2 Å². The van der Waals surface area contributed by atoms with Crippen LogP contribution in [0.4, 0.5) is 0 Å². The van der Waals surface area contributed by atoms with E-state index in [9.17, 15) is 4.79 Å². The molecule has 2 heterocycles. The Morgan fingerprint density at radius 2 is 2.06 bits per heavy atom. The van der Waals surface area contributed by atoms with Crippen LogP contribution in [0, 0.1) is 11.3 Å². The molecule has 0 spiro atoms. The van der Waals surface area contributed by atoms with Crippen LogP contribution in [-0.2, 0) is 4.79 Å². The highest BCUT2D eigenvalue weighted by atomic mass is 16.2. The van der Waals surface area contributed by atoms with Gasteiger partial charge in [-0.3, -0.25) is 9.69 Å². The summed E-state index contributed by atoms with van der Waals surface area (Å²) in [5.74, 6) is 0.224. The molecule has 2 rings (SSSR count). The van der Waals surface area contributed by atoms with Gasteiger partial charge in [-0.2, -0.15) is 5.26 Å². The van der Waals surface area contributed by atoms with Crippen molar-refractivity contribution in [2.75, 3.05) is 39.3 Å². The first-order chi connectivity index (χ1) is 8.33. The Hall–Kier alpha value is -1.12. The number of likely N-dealkylation sites (tertiary alicyclic amines) is 1. The van der Waals surface area contributed by atoms with E-state index < -0.39 is 0 Å². The van der Waals surface area contributed by atoms with E-state index in [2.05, 4.69) is 11.4 Å². The van der Waals surface area contributed by atoms with Crippen LogP contribution < -0.4 is 5.32 Å². The third-order valence-corrected chi connectivity index (χ3v) is 3.60. The Morgan fingerprint density at radius 1 is 1.29 bits per heavy atom. The van der Waals surface area contributed by atoms with Crippen molar-refractivity contribution in [1.82, 2.24) is 15.1 Å². The largest absolute Gasteiger partial charge is 0.339 e. The molecule has 2 fully saturated rings. The van der Waals surface area contributed by atoms with Gasteiger partial charge in [-0.1, -0.05) is 6.42 Å². The van der Waals surface area contributed by atoms with E-state index in [0.717, 1.165) is 52.0 Å². The van der Waals surface area contributed by atoms with E-state index >= 15 is 0 Å². The van der Waals surface area contributed by atoms with Crippen molar-refractivity contribution >= 4 is 5.91 Å². The molecule has 5 heteroatoms. The third-order valence-electron chi connectivity index (χ3n) is 3.60. The van der Waals surface area contributed by atoms with Crippen LogP contribution in [-0.4, -0.2) is 61.0 Å². The topological polar surface area (TPSA) is 59.4 Å². The van der Waals surface area contributed by atoms with Gasteiger partial charge in [0.2, 0.25) is 5.91 Å². The van der Waals surface area contributed by atoms with E-state index in [1.165, 1.54) is 0 Å². The summed E-state index contributed by atoms with van der Waals surface area (Å²) in [7, 11) is 0. The molecule has 5 nitrogen and oxygen atoms in total. The number of nitriles is 1. The monoisotopic (exact) mass is 236 g/mol. The number of piperazine rings is 1. The number of amides is 1. The molecular weight excluding hydrogens is 216 g/mol. The Balaban J connectivity index is 1.97. The van der Waals surface area contributed by atoms with Crippen LogP contribution in [0.3, 0.4) is 0 Å². The number of carbonyl (C=O) groups excluding carboxylic acids is 1. The number of nitrogens with zero attached hydrogens (tertiary/aromatic N) is 3. The van der Waals surface area contributed by atoms with Crippen LogP contribution in [0.2, 0.25) is 0 Å². The fourth-order valence-corrected chi connectivity index (χ4v) is 2.65. The van der Waals surface area contributed by atoms with E-state index in [0.29, 0.717) is 6.54 Å². The highest BCUT2D eigenvalue weighted by Crippen LogP contribution is 2.18. The minimum Gasteiger partial charge on any atom is -0.339 e. The van der Waals surface area contributed by atoms with Gasteiger partial charge in [-0.15, -0.1) is 0 Å². The average Bonchev–Trinajstić information content (AvgIpc) is 2.40. The van der Waals surface area contributed by atoms with Gasteiger partial charge in [0.05, 0.1) is 18.7 Å². The third kappa shape index (κ3) is 2.96. The summed E-state index contributed by atoms with van der Waals surface area (Å²) in [6, 6.07) is 2.11. The number of piperidine rings is 1. The molecule has 2 aliphatic rings. The first kappa shape index (κ1) is 12.3. The summed E-state index contributed by atoms with van der Waals surface area (Å²) in [4.78, 5) is 16.4. The lowest BCUT2D eigenvalue weighted by atomic mass is 10.0. The predicted octanol–water partition coefficient (Wildman–Crippen LogP) is -0.204. The Morgan fingerprint density at radius 3 is 2.76 bits per heavy atom. The maximum atomic E-state index is 12.4. The zero-order valence-electron chi connectivity index (χ0n) is 10.2. The summed E-state index contributed by atoms with van der Waals surface area (Å²) in [5.41, 5.74) is 0. The zero-order valence-corrected chi connectivity index (χ0v) is 10.2. The fourth-order valence-electron chi connectivity index (χ4n) is 2.65. The summed E-state index contributed by atoms with van der Waals surface area (Å²) < 4.78 is 0. The predicted molar refractivity (Wildman–Crippen MR) is 64.3 cm³/mol. The summed E-state index contributed by atoms with van der Waals surface area (Å²) in [6.07, 6.45) is 3.11. The summed E-state index contributed by atoms with van der Waals surface area (Å²) >= 11 is 0. The van der Waals surface area contributed by atoms with Gasteiger partial charge >= 0.3 is 0 Å². The second-order valence-corrected chi connectivity index (χ2v) is 4.72. The molecule has 2 saturated heterocycles. The van der Waals surface area contributed by atoms with Crippen molar-refractivity contribution in [2.24, 2.45) is 0 Å². The maximum Gasteiger partial charge on any atom is 0.240 e. The molecule has 0 aromatic rings. The van der Waals surface area contributed by atoms with Gasteiger partial charge in [-0.05, 0) is 19.4 Å². The number of rotatable bonds is 2. The number of hydrogen-bond donors (Lipinski definition) is 1. The standard InChI is InChI=1S/C12H20N4O/c13-4-8-15-7-2-1-3-11(15)12(17)16-9-5-14-6-10-16/h11,14H,1-3,5-10H2. The van der Waals surface area contributed by atoms with Crippen molar-refractivity contribution in [3.8, 4) is 6.07 Å². The van der Waals surface area contributed by atoms with Gasteiger partial charge in [0.1, 0.15) is 0 Å². The summed E-state index contributed by atoms with van der Waals surface area (Å²) in [5, 5.41) is 12.1. The molecular formula is C12H20N4O. The lowest BCUT2D eigenvalue weighted by Gasteiger charge is -2.37. The minimum absolute atomic E-state index is 0.0542. The van der Waals surface area contributed by atoms with E-state index in [1.807, 2.05) is 9.80 Å². The molecule has 0 radical (unpaired) electrons. The summed E-state index contributed by atoms with van der Waals surface area (Å²) in [6.45, 7) is 4.64. The molecule has 0 saturated carbocycles. The van der Waals surface area contributed by atoms with Crippen molar-refractivity contribution in [2.45, 2.75) is 25.3 Å². The molecule has 17 heavy (non-hydrogen) atoms. The number of carbonyl (C=O) groups is 1. The molecule has 0 aromatic heterocycles. The maximum absolute atomic E-state index is 12.4.